The number of ether oxygens (including phenoxy) is 3. The maximum atomic E-state index is 12.5. The van der Waals surface area contributed by atoms with Crippen molar-refractivity contribution in [3.05, 3.63) is 47.6 Å². The van der Waals surface area contributed by atoms with Crippen molar-refractivity contribution in [1.82, 2.24) is 15.4 Å². The zero-order chi connectivity index (χ0) is 30.1. The van der Waals surface area contributed by atoms with Gasteiger partial charge < -0.3 is 30.0 Å². The van der Waals surface area contributed by atoms with Crippen molar-refractivity contribution in [1.29, 1.82) is 0 Å². The van der Waals surface area contributed by atoms with Crippen LogP contribution in [0.1, 0.15) is 80.3 Å². The summed E-state index contributed by atoms with van der Waals surface area (Å²) in [7, 11) is 0. The first-order chi connectivity index (χ1) is 18.9. The average molecular weight is 569 g/mol. The van der Waals surface area contributed by atoms with E-state index in [-0.39, 0.29) is 18.0 Å². The predicted octanol–water partition coefficient (Wildman–Crippen LogP) is 5.36. The maximum absolute atomic E-state index is 12.5. The van der Waals surface area contributed by atoms with Crippen molar-refractivity contribution in [3.8, 4) is 11.5 Å². The van der Waals surface area contributed by atoms with E-state index in [1.807, 2.05) is 98.7 Å². The molecular weight excluding hydrogens is 512 g/mol. The smallest absolute Gasteiger partial charge is 0.251 e. The standard InChI is InChI=1S/C21H33N3O3S.C5H11NO.2C2H6/c1-6-16(15(5)22)10-9-14(4)23-20(21(25)24-28)17-11-12-18(26-7-2)19(13-17)27-8-3;1-2-6-3-5-7-4-1;2*1-2/h6,9-15,20,23,28H,7-8,22H2,1-5H3,(H,24,25);6H,1-5H2;2*1-2H3/b10-9-,16-6+;;;. The van der Waals surface area contributed by atoms with Crippen molar-refractivity contribution in [2.45, 2.75) is 86.9 Å². The van der Waals surface area contributed by atoms with Crippen LogP contribution in [0.2, 0.25) is 0 Å². The topological polar surface area (TPSA) is 107 Å². The van der Waals surface area contributed by atoms with E-state index in [0.717, 1.165) is 37.4 Å². The van der Waals surface area contributed by atoms with Crippen LogP contribution in [0.3, 0.4) is 0 Å². The number of allylic oxidation sites excluding steroid dienone is 1. The van der Waals surface area contributed by atoms with Gasteiger partial charge in [-0.05, 0) is 70.9 Å². The van der Waals surface area contributed by atoms with E-state index in [4.69, 9.17) is 19.9 Å². The first-order valence-electron chi connectivity index (χ1n) is 14.4. The van der Waals surface area contributed by atoms with Crippen molar-refractivity contribution in [2.24, 2.45) is 5.73 Å². The number of nitrogens with one attached hydrogen (secondary N) is 3. The lowest BCUT2D eigenvalue weighted by atomic mass is 10.0. The van der Waals surface area contributed by atoms with Gasteiger partial charge in [-0.2, -0.15) is 0 Å². The SMILES string of the molecule is C/C=C(\C=C/C(C)NC(C(=O)NS)c1ccc(OCC)c(OCC)c1)C(C)N.C1CNCCOC1.CC.CC. The van der Waals surface area contributed by atoms with E-state index in [1.54, 1.807) is 0 Å². The van der Waals surface area contributed by atoms with Gasteiger partial charge in [0.15, 0.2) is 11.5 Å². The highest BCUT2D eigenvalue weighted by molar-refractivity contribution is 7.78. The Balaban J connectivity index is 0. The Hall–Kier alpha value is -2.04. The summed E-state index contributed by atoms with van der Waals surface area (Å²) >= 11 is 3.94. The third kappa shape index (κ3) is 17.3. The molecule has 1 aromatic rings. The van der Waals surface area contributed by atoms with Crippen LogP contribution >= 0.6 is 12.8 Å². The molecule has 2 rings (SSSR count). The van der Waals surface area contributed by atoms with E-state index in [1.165, 1.54) is 6.42 Å². The first kappa shape index (κ1) is 39.1. The predicted molar refractivity (Wildman–Crippen MR) is 169 cm³/mol. The fourth-order valence-electron chi connectivity index (χ4n) is 3.39. The number of benzene rings is 1. The van der Waals surface area contributed by atoms with Crippen LogP contribution in [0.5, 0.6) is 11.5 Å². The molecule has 1 heterocycles. The Morgan fingerprint density at radius 3 is 2.31 bits per heavy atom. The summed E-state index contributed by atoms with van der Waals surface area (Å²) < 4.78 is 18.8. The molecule has 39 heavy (non-hydrogen) atoms. The van der Waals surface area contributed by atoms with E-state index in [0.29, 0.717) is 24.7 Å². The van der Waals surface area contributed by atoms with Crippen LogP contribution in [-0.2, 0) is 9.53 Å². The molecule has 226 valence electrons. The summed E-state index contributed by atoms with van der Waals surface area (Å²) in [4.78, 5) is 12.5. The number of hydrogen-bond acceptors (Lipinski definition) is 8. The van der Waals surface area contributed by atoms with Gasteiger partial charge in [-0.1, -0.05) is 64.8 Å². The number of rotatable bonds is 11. The Morgan fingerprint density at radius 1 is 1.10 bits per heavy atom. The molecule has 0 aromatic heterocycles. The Labute approximate surface area is 244 Å². The summed E-state index contributed by atoms with van der Waals surface area (Å²) in [5, 5.41) is 6.53. The molecule has 8 nitrogen and oxygen atoms in total. The minimum absolute atomic E-state index is 0.0511. The van der Waals surface area contributed by atoms with Crippen molar-refractivity contribution < 1.29 is 19.0 Å². The van der Waals surface area contributed by atoms with Crippen LogP contribution in [0.15, 0.2) is 42.0 Å². The second-order valence-electron chi connectivity index (χ2n) is 8.09. The molecule has 0 saturated carbocycles. The van der Waals surface area contributed by atoms with Crippen LogP contribution in [0.25, 0.3) is 0 Å². The van der Waals surface area contributed by atoms with Crippen LogP contribution < -0.4 is 30.6 Å². The van der Waals surface area contributed by atoms with E-state index in [2.05, 4.69) is 28.2 Å². The lowest BCUT2D eigenvalue weighted by Gasteiger charge is -2.22. The van der Waals surface area contributed by atoms with Crippen molar-refractivity contribution in [2.75, 3.05) is 39.5 Å². The Morgan fingerprint density at radius 2 is 1.74 bits per heavy atom. The molecule has 5 N–H and O–H groups in total. The van der Waals surface area contributed by atoms with Crippen molar-refractivity contribution >= 4 is 18.7 Å². The summed E-state index contributed by atoms with van der Waals surface area (Å²) in [6.45, 7) is 22.7. The van der Waals surface area contributed by atoms with Gasteiger partial charge in [0, 0.05) is 25.2 Å². The Bertz CT molecular complexity index is 784. The van der Waals surface area contributed by atoms with E-state index >= 15 is 0 Å². The van der Waals surface area contributed by atoms with Gasteiger partial charge in [-0.3, -0.25) is 10.1 Å². The van der Waals surface area contributed by atoms with Gasteiger partial charge in [-0.25, -0.2) is 0 Å². The monoisotopic (exact) mass is 568 g/mol. The largest absolute Gasteiger partial charge is 0.490 e. The summed E-state index contributed by atoms with van der Waals surface area (Å²) in [6, 6.07) is 4.76. The zero-order valence-electron chi connectivity index (χ0n) is 25.8. The highest BCUT2D eigenvalue weighted by atomic mass is 32.1. The summed E-state index contributed by atoms with van der Waals surface area (Å²) in [5.74, 6) is 1.01. The molecule has 1 aliphatic heterocycles. The third-order valence-electron chi connectivity index (χ3n) is 5.20. The first-order valence-corrected chi connectivity index (χ1v) is 14.8. The number of amides is 1. The molecule has 0 aliphatic carbocycles. The molecule has 1 fully saturated rings. The molecule has 0 bridgehead atoms. The average Bonchev–Trinajstić information content (AvgIpc) is 3.29. The zero-order valence-corrected chi connectivity index (χ0v) is 26.7. The van der Waals surface area contributed by atoms with Crippen LogP contribution in [0.4, 0.5) is 0 Å². The number of hydrogen-bond donors (Lipinski definition) is 5. The normalized spacial score (nSPS) is 15.5. The van der Waals surface area contributed by atoms with Gasteiger partial charge in [0.05, 0.1) is 19.8 Å². The third-order valence-corrected chi connectivity index (χ3v) is 5.42. The molecule has 3 atom stereocenters. The van der Waals surface area contributed by atoms with Gasteiger partial charge in [0.2, 0.25) is 0 Å². The second-order valence-corrected chi connectivity index (χ2v) is 8.31. The number of nitrogens with two attached hydrogens (primary N) is 1. The molecule has 3 unspecified atom stereocenters. The summed E-state index contributed by atoms with van der Waals surface area (Å²) in [5.41, 5.74) is 7.73. The van der Waals surface area contributed by atoms with Crippen molar-refractivity contribution in [3.63, 3.8) is 0 Å². The number of carbonyl (C=O) groups excluding carboxylic acids is 1. The second kappa shape index (κ2) is 26.2. The molecule has 1 amide bonds. The lowest BCUT2D eigenvalue weighted by molar-refractivity contribution is -0.121. The van der Waals surface area contributed by atoms with Crippen LogP contribution in [0, 0.1) is 0 Å². The number of thiol groups is 1. The quantitative estimate of drug-likeness (QED) is 0.181. The fourth-order valence-corrected chi connectivity index (χ4v) is 3.52. The van der Waals surface area contributed by atoms with E-state index in [9.17, 15) is 4.79 Å². The highest BCUT2D eigenvalue weighted by Gasteiger charge is 2.22. The maximum Gasteiger partial charge on any atom is 0.251 e. The minimum Gasteiger partial charge on any atom is -0.490 e. The van der Waals surface area contributed by atoms with Crippen LogP contribution in [-0.4, -0.2) is 57.5 Å². The Kier molecular flexibility index (Phi) is 26.3. The molecule has 9 heteroatoms. The van der Waals surface area contributed by atoms with Gasteiger partial charge in [0.1, 0.15) is 6.04 Å². The van der Waals surface area contributed by atoms with Gasteiger partial charge in [-0.15, -0.1) is 0 Å². The highest BCUT2D eigenvalue weighted by Crippen LogP contribution is 2.31. The summed E-state index contributed by atoms with van der Waals surface area (Å²) in [6.07, 6.45) is 7.10. The molecule has 1 saturated heterocycles. The van der Waals surface area contributed by atoms with E-state index < -0.39 is 6.04 Å². The molecule has 1 aromatic carbocycles. The fraction of sp³-hybridized carbons (Fsp3) is 0.633. The molecule has 0 spiro atoms. The molecule has 0 radical (unpaired) electrons. The number of carbonyl (C=O) groups is 1. The minimum atomic E-state index is -0.601. The van der Waals surface area contributed by atoms with Gasteiger partial charge >= 0.3 is 0 Å². The van der Waals surface area contributed by atoms with Gasteiger partial charge in [0.25, 0.3) is 5.91 Å². The molecular formula is C30H56N4O4S. The lowest BCUT2D eigenvalue weighted by Crippen LogP contribution is -2.38. The molecule has 1 aliphatic rings.